The summed E-state index contributed by atoms with van der Waals surface area (Å²) in [6.45, 7) is 0. The van der Waals surface area contributed by atoms with Crippen molar-refractivity contribution in [3.63, 3.8) is 0 Å². The molecule has 0 bridgehead atoms. The zero-order valence-corrected chi connectivity index (χ0v) is 13.7. The molecule has 1 saturated carbocycles. The zero-order chi connectivity index (χ0) is 16.1. The number of hydrazine groups is 1. The third-order valence-electron chi connectivity index (χ3n) is 6.30. The molecule has 1 amide bonds. The number of nitrogens with zero attached hydrogens (tertiary/aromatic N) is 1. The Kier molecular flexibility index (Phi) is 2.99. The summed E-state index contributed by atoms with van der Waals surface area (Å²) in [7, 11) is 0. The van der Waals surface area contributed by atoms with Crippen LogP contribution in [0.15, 0.2) is 54.6 Å². The highest BCUT2D eigenvalue weighted by molar-refractivity contribution is 5.89. The molecule has 2 unspecified atom stereocenters. The molecule has 1 aliphatic carbocycles. The molecule has 24 heavy (non-hydrogen) atoms. The molecule has 2 fully saturated rings. The number of hydrogen-bond acceptors (Lipinski definition) is 2. The molecule has 5 rings (SSSR count). The number of rotatable bonds is 1. The number of hydrogen-bond donors (Lipinski definition) is 1. The molecule has 2 aromatic carbocycles. The van der Waals surface area contributed by atoms with Crippen LogP contribution in [0.25, 0.3) is 0 Å². The van der Waals surface area contributed by atoms with Gasteiger partial charge in [-0.1, -0.05) is 61.4 Å². The van der Waals surface area contributed by atoms with Crippen molar-refractivity contribution in [2.24, 2.45) is 5.41 Å². The van der Waals surface area contributed by atoms with Gasteiger partial charge in [-0.3, -0.25) is 15.2 Å². The van der Waals surface area contributed by atoms with Crippen molar-refractivity contribution in [3.05, 3.63) is 65.7 Å². The Balaban J connectivity index is 1.64. The molecule has 3 heteroatoms. The molecule has 2 atom stereocenters. The van der Waals surface area contributed by atoms with Crippen LogP contribution < -0.4 is 5.43 Å². The summed E-state index contributed by atoms with van der Waals surface area (Å²) in [4.78, 5) is 13.4. The van der Waals surface area contributed by atoms with Gasteiger partial charge in [0, 0.05) is 5.92 Å². The summed E-state index contributed by atoms with van der Waals surface area (Å²) < 4.78 is 0. The van der Waals surface area contributed by atoms with E-state index in [0.29, 0.717) is 5.91 Å². The Hall–Kier alpha value is -2.29. The maximum Gasteiger partial charge on any atom is 0.248 e. The second kappa shape index (κ2) is 5.10. The number of anilines is 1. The summed E-state index contributed by atoms with van der Waals surface area (Å²) in [5, 5.41) is 1.96. The average molecular weight is 318 g/mol. The Labute approximate surface area is 142 Å². The molecule has 1 N–H and O–H groups in total. The fourth-order valence-electron chi connectivity index (χ4n) is 5.28. The Bertz CT molecular complexity index is 779. The third kappa shape index (κ3) is 1.81. The first-order valence-corrected chi connectivity index (χ1v) is 9.03. The van der Waals surface area contributed by atoms with Gasteiger partial charge in [0.05, 0.1) is 17.1 Å². The molecule has 2 aromatic rings. The maximum absolute atomic E-state index is 13.4. The first-order valence-electron chi connectivity index (χ1n) is 9.03. The first kappa shape index (κ1) is 14.1. The molecular weight excluding hydrogens is 296 g/mol. The van der Waals surface area contributed by atoms with Crippen LogP contribution in [0.3, 0.4) is 0 Å². The topological polar surface area (TPSA) is 32.3 Å². The van der Waals surface area contributed by atoms with E-state index in [9.17, 15) is 4.79 Å². The van der Waals surface area contributed by atoms with Crippen molar-refractivity contribution in [3.8, 4) is 0 Å². The van der Waals surface area contributed by atoms with E-state index in [1.165, 1.54) is 24.0 Å². The minimum absolute atomic E-state index is 0.207. The van der Waals surface area contributed by atoms with Crippen molar-refractivity contribution in [2.45, 2.75) is 44.1 Å². The lowest BCUT2D eigenvalue weighted by Gasteiger charge is -2.35. The quantitative estimate of drug-likeness (QED) is 0.857. The van der Waals surface area contributed by atoms with Crippen molar-refractivity contribution in [1.29, 1.82) is 0 Å². The molecule has 0 radical (unpaired) electrons. The minimum atomic E-state index is -0.207. The number of nitrogens with one attached hydrogen (secondary N) is 1. The lowest BCUT2D eigenvalue weighted by Crippen LogP contribution is -2.44. The van der Waals surface area contributed by atoms with Crippen molar-refractivity contribution in [2.75, 3.05) is 5.43 Å². The van der Waals surface area contributed by atoms with E-state index in [2.05, 4.69) is 54.0 Å². The fraction of sp³-hybridized carbons (Fsp3) is 0.381. The maximum atomic E-state index is 13.4. The number of benzene rings is 2. The van der Waals surface area contributed by atoms with Gasteiger partial charge in [0.25, 0.3) is 0 Å². The van der Waals surface area contributed by atoms with E-state index < -0.39 is 0 Å². The highest BCUT2D eigenvalue weighted by Gasteiger charge is 2.61. The van der Waals surface area contributed by atoms with Crippen LogP contribution in [0, 0.1) is 5.41 Å². The Morgan fingerprint density at radius 3 is 2.46 bits per heavy atom. The van der Waals surface area contributed by atoms with Gasteiger partial charge in [-0.2, -0.15) is 0 Å². The Morgan fingerprint density at radius 2 is 1.67 bits per heavy atom. The number of fused-ring (bicyclic) bond motifs is 2. The van der Waals surface area contributed by atoms with Crippen LogP contribution in [0.5, 0.6) is 0 Å². The van der Waals surface area contributed by atoms with Crippen LogP contribution in [0.2, 0.25) is 0 Å². The normalized spacial score (nSPS) is 27.0. The largest absolute Gasteiger partial charge is 0.295 e. The smallest absolute Gasteiger partial charge is 0.248 e. The van der Waals surface area contributed by atoms with Gasteiger partial charge in [-0.25, -0.2) is 0 Å². The third-order valence-corrected chi connectivity index (χ3v) is 6.30. The predicted octanol–water partition coefficient (Wildman–Crippen LogP) is 4.12. The van der Waals surface area contributed by atoms with E-state index in [1.54, 1.807) is 0 Å². The number of amides is 1. The molecule has 1 spiro atoms. The monoisotopic (exact) mass is 318 g/mol. The number of carbonyl (C=O) groups is 1. The summed E-state index contributed by atoms with van der Waals surface area (Å²) in [5.74, 6) is 0.600. The number of carbonyl (C=O) groups excluding carboxylic acids is 1. The second-order valence-electron chi connectivity index (χ2n) is 7.47. The van der Waals surface area contributed by atoms with Gasteiger partial charge in [0.1, 0.15) is 0 Å². The average Bonchev–Trinajstić information content (AvgIpc) is 3.20. The van der Waals surface area contributed by atoms with Gasteiger partial charge >= 0.3 is 0 Å². The highest BCUT2D eigenvalue weighted by atomic mass is 16.2. The molecule has 122 valence electrons. The van der Waals surface area contributed by atoms with Crippen LogP contribution >= 0.6 is 0 Å². The summed E-state index contributed by atoms with van der Waals surface area (Å²) in [6, 6.07) is 19.3. The summed E-state index contributed by atoms with van der Waals surface area (Å²) in [6.07, 6.45) is 5.33. The van der Waals surface area contributed by atoms with Gasteiger partial charge < -0.3 is 0 Å². The van der Waals surface area contributed by atoms with Crippen LogP contribution in [-0.4, -0.2) is 17.0 Å². The minimum Gasteiger partial charge on any atom is -0.295 e. The van der Waals surface area contributed by atoms with Crippen LogP contribution in [0.4, 0.5) is 5.69 Å². The lowest BCUT2D eigenvalue weighted by molar-refractivity contribution is -0.135. The van der Waals surface area contributed by atoms with E-state index in [4.69, 9.17) is 0 Å². The van der Waals surface area contributed by atoms with E-state index in [-0.39, 0.29) is 17.4 Å². The van der Waals surface area contributed by atoms with Gasteiger partial charge in [-0.15, -0.1) is 0 Å². The van der Waals surface area contributed by atoms with E-state index in [0.717, 1.165) is 24.9 Å². The molecule has 2 heterocycles. The van der Waals surface area contributed by atoms with Crippen molar-refractivity contribution < 1.29 is 4.79 Å². The standard InChI is InChI=1S/C21H22N2O/c24-20-21(12-6-7-13-21)19(15-8-2-1-3-9-15)18-14-16-10-4-5-11-17(16)22-23(18)20/h1-5,8-11,18-19,22H,6-7,12-14H2. The SMILES string of the molecule is O=C1N2Nc3ccccc3CC2C(c2ccccc2)C12CCCC2. The molecule has 3 nitrogen and oxygen atoms in total. The van der Waals surface area contributed by atoms with E-state index in [1.807, 2.05) is 11.1 Å². The second-order valence-corrected chi connectivity index (χ2v) is 7.47. The Morgan fingerprint density at radius 1 is 0.958 bits per heavy atom. The lowest BCUT2D eigenvalue weighted by atomic mass is 9.69. The van der Waals surface area contributed by atoms with Gasteiger partial charge in [0.2, 0.25) is 5.91 Å². The number of para-hydroxylation sites is 1. The summed E-state index contributed by atoms with van der Waals surface area (Å²) >= 11 is 0. The van der Waals surface area contributed by atoms with Crippen molar-refractivity contribution >= 4 is 11.6 Å². The highest BCUT2D eigenvalue weighted by Crippen LogP contribution is 2.58. The predicted molar refractivity (Wildman–Crippen MR) is 94.5 cm³/mol. The van der Waals surface area contributed by atoms with Gasteiger partial charge in [-0.05, 0) is 36.5 Å². The first-order chi connectivity index (χ1) is 11.8. The van der Waals surface area contributed by atoms with Crippen molar-refractivity contribution in [1.82, 2.24) is 5.01 Å². The molecule has 3 aliphatic rings. The molecule has 0 aromatic heterocycles. The zero-order valence-electron chi connectivity index (χ0n) is 13.7. The van der Waals surface area contributed by atoms with Gasteiger partial charge in [0.15, 0.2) is 0 Å². The summed E-state index contributed by atoms with van der Waals surface area (Å²) in [5.41, 5.74) is 6.97. The van der Waals surface area contributed by atoms with Crippen LogP contribution in [0.1, 0.15) is 42.7 Å². The molecular formula is C21H22N2O. The van der Waals surface area contributed by atoms with Crippen LogP contribution in [-0.2, 0) is 11.2 Å². The fourth-order valence-corrected chi connectivity index (χ4v) is 5.28. The molecule has 1 saturated heterocycles. The molecule has 2 aliphatic heterocycles. The van der Waals surface area contributed by atoms with E-state index >= 15 is 0 Å².